The SMILES string of the molecule is CCc1nc(CCCO)c(CCCO)c(C(N)=O)n1. The summed E-state index contributed by atoms with van der Waals surface area (Å²) >= 11 is 0. The van der Waals surface area contributed by atoms with Crippen LogP contribution in [0.1, 0.15) is 47.3 Å². The van der Waals surface area contributed by atoms with Crippen LogP contribution in [-0.4, -0.2) is 39.3 Å². The molecule has 0 spiro atoms. The Kier molecular flexibility index (Phi) is 6.38. The number of aliphatic hydroxyl groups excluding tert-OH is 2. The highest BCUT2D eigenvalue weighted by Crippen LogP contribution is 2.16. The van der Waals surface area contributed by atoms with Crippen molar-refractivity contribution in [3.05, 3.63) is 22.8 Å². The van der Waals surface area contributed by atoms with Gasteiger partial charge in [0.05, 0.1) is 0 Å². The van der Waals surface area contributed by atoms with Crippen LogP contribution in [0.2, 0.25) is 0 Å². The largest absolute Gasteiger partial charge is 0.396 e. The van der Waals surface area contributed by atoms with Crippen molar-refractivity contribution in [3.8, 4) is 0 Å². The topological polar surface area (TPSA) is 109 Å². The molecule has 0 unspecified atom stereocenters. The molecule has 1 aromatic rings. The van der Waals surface area contributed by atoms with Gasteiger partial charge in [-0.15, -0.1) is 0 Å². The number of amides is 1. The van der Waals surface area contributed by atoms with Crippen molar-refractivity contribution in [3.63, 3.8) is 0 Å². The van der Waals surface area contributed by atoms with Crippen LogP contribution in [0, 0.1) is 0 Å². The molecule has 6 heteroatoms. The Morgan fingerprint density at radius 3 is 2.32 bits per heavy atom. The molecule has 4 N–H and O–H groups in total. The lowest BCUT2D eigenvalue weighted by atomic mass is 10.0. The van der Waals surface area contributed by atoms with Crippen LogP contribution in [0.25, 0.3) is 0 Å². The summed E-state index contributed by atoms with van der Waals surface area (Å²) in [4.78, 5) is 20.1. The van der Waals surface area contributed by atoms with Gasteiger partial charge in [0.15, 0.2) is 0 Å². The Hall–Kier alpha value is -1.53. The van der Waals surface area contributed by atoms with Crippen LogP contribution < -0.4 is 5.73 Å². The molecule has 0 saturated carbocycles. The molecule has 0 aliphatic heterocycles. The highest BCUT2D eigenvalue weighted by molar-refractivity contribution is 5.92. The number of nitrogens with two attached hydrogens (primary N) is 1. The predicted octanol–water partition coefficient (Wildman–Crippen LogP) is -0.0123. The van der Waals surface area contributed by atoms with E-state index >= 15 is 0 Å². The van der Waals surface area contributed by atoms with Gasteiger partial charge in [-0.1, -0.05) is 6.92 Å². The molecular formula is C13H21N3O3. The van der Waals surface area contributed by atoms with Crippen molar-refractivity contribution >= 4 is 5.91 Å². The molecule has 1 amide bonds. The summed E-state index contributed by atoms with van der Waals surface area (Å²) in [5, 5.41) is 17.9. The monoisotopic (exact) mass is 267 g/mol. The zero-order valence-corrected chi connectivity index (χ0v) is 11.2. The number of primary amides is 1. The van der Waals surface area contributed by atoms with Crippen molar-refractivity contribution in [2.75, 3.05) is 13.2 Å². The van der Waals surface area contributed by atoms with E-state index in [4.69, 9.17) is 15.9 Å². The smallest absolute Gasteiger partial charge is 0.267 e. The fourth-order valence-corrected chi connectivity index (χ4v) is 1.92. The molecule has 1 aromatic heterocycles. The lowest BCUT2D eigenvalue weighted by molar-refractivity contribution is 0.0993. The van der Waals surface area contributed by atoms with Crippen molar-refractivity contribution in [1.82, 2.24) is 9.97 Å². The standard InChI is InChI=1S/C13H21N3O3/c1-2-11-15-10(6-4-8-18)9(5-3-7-17)12(16-11)13(14)19/h17-18H,2-8H2,1H3,(H2,14,19). The first kappa shape index (κ1) is 15.5. The number of aliphatic hydroxyl groups is 2. The first-order valence-electron chi connectivity index (χ1n) is 6.54. The Labute approximate surface area is 112 Å². The number of rotatable bonds is 8. The third-order valence-electron chi connectivity index (χ3n) is 2.85. The van der Waals surface area contributed by atoms with Crippen LogP contribution in [0.5, 0.6) is 0 Å². The minimum absolute atomic E-state index is 0.0349. The summed E-state index contributed by atoms with van der Waals surface area (Å²) in [6.45, 7) is 2.01. The molecule has 0 bridgehead atoms. The van der Waals surface area contributed by atoms with Crippen LogP contribution in [0.15, 0.2) is 0 Å². The molecule has 1 heterocycles. The zero-order chi connectivity index (χ0) is 14.3. The first-order valence-corrected chi connectivity index (χ1v) is 6.54. The third-order valence-corrected chi connectivity index (χ3v) is 2.85. The quantitative estimate of drug-likeness (QED) is 0.613. The summed E-state index contributed by atoms with van der Waals surface area (Å²) in [7, 11) is 0. The number of carbonyl (C=O) groups is 1. The second-order valence-electron chi connectivity index (χ2n) is 4.29. The summed E-state index contributed by atoms with van der Waals surface area (Å²) in [5.74, 6) is 0.00442. The summed E-state index contributed by atoms with van der Waals surface area (Å²) in [5.41, 5.74) is 7.06. The van der Waals surface area contributed by atoms with E-state index < -0.39 is 5.91 Å². The molecule has 0 saturated heterocycles. The van der Waals surface area contributed by atoms with Gasteiger partial charge in [-0.05, 0) is 25.7 Å². The van der Waals surface area contributed by atoms with Gasteiger partial charge in [0.1, 0.15) is 11.5 Å². The van der Waals surface area contributed by atoms with E-state index in [0.717, 1.165) is 5.69 Å². The molecule has 0 aromatic carbocycles. The molecule has 0 fully saturated rings. The predicted molar refractivity (Wildman–Crippen MR) is 70.7 cm³/mol. The summed E-state index contributed by atoms with van der Waals surface area (Å²) < 4.78 is 0. The van der Waals surface area contributed by atoms with Gasteiger partial charge >= 0.3 is 0 Å². The third kappa shape index (κ3) is 4.25. The number of hydrogen-bond donors (Lipinski definition) is 3. The van der Waals surface area contributed by atoms with Gasteiger partial charge in [-0.25, -0.2) is 9.97 Å². The normalized spacial score (nSPS) is 10.7. The van der Waals surface area contributed by atoms with E-state index in [9.17, 15) is 4.79 Å². The Bertz CT molecular complexity index is 435. The van der Waals surface area contributed by atoms with E-state index in [1.165, 1.54) is 0 Å². The van der Waals surface area contributed by atoms with Gasteiger partial charge in [-0.2, -0.15) is 0 Å². The van der Waals surface area contributed by atoms with E-state index in [2.05, 4.69) is 9.97 Å². The maximum Gasteiger partial charge on any atom is 0.267 e. The maximum absolute atomic E-state index is 11.5. The van der Waals surface area contributed by atoms with E-state index in [1.807, 2.05) is 6.92 Å². The molecule has 0 atom stereocenters. The minimum atomic E-state index is -0.574. The number of carbonyl (C=O) groups excluding carboxylic acids is 1. The highest BCUT2D eigenvalue weighted by Gasteiger charge is 2.17. The van der Waals surface area contributed by atoms with E-state index in [0.29, 0.717) is 43.5 Å². The van der Waals surface area contributed by atoms with Gasteiger partial charge in [0.25, 0.3) is 5.91 Å². The fourth-order valence-electron chi connectivity index (χ4n) is 1.92. The maximum atomic E-state index is 11.5. The zero-order valence-electron chi connectivity index (χ0n) is 11.2. The van der Waals surface area contributed by atoms with Crippen LogP contribution in [0.3, 0.4) is 0 Å². The van der Waals surface area contributed by atoms with Crippen molar-refractivity contribution in [2.24, 2.45) is 5.73 Å². The number of nitrogens with zero attached hydrogens (tertiary/aromatic N) is 2. The van der Waals surface area contributed by atoms with Gasteiger partial charge in [-0.3, -0.25) is 4.79 Å². The number of aryl methyl sites for hydroxylation is 2. The van der Waals surface area contributed by atoms with Crippen molar-refractivity contribution in [1.29, 1.82) is 0 Å². The van der Waals surface area contributed by atoms with Gasteiger partial charge in [0.2, 0.25) is 0 Å². The van der Waals surface area contributed by atoms with Gasteiger partial charge < -0.3 is 15.9 Å². The van der Waals surface area contributed by atoms with Crippen LogP contribution in [0.4, 0.5) is 0 Å². The van der Waals surface area contributed by atoms with E-state index in [-0.39, 0.29) is 18.9 Å². The molecule has 6 nitrogen and oxygen atoms in total. The second kappa shape index (κ2) is 7.81. The highest BCUT2D eigenvalue weighted by atomic mass is 16.3. The van der Waals surface area contributed by atoms with E-state index in [1.54, 1.807) is 0 Å². The number of aromatic nitrogens is 2. The van der Waals surface area contributed by atoms with Gasteiger partial charge in [0, 0.05) is 30.9 Å². The lowest BCUT2D eigenvalue weighted by Gasteiger charge is -2.13. The summed E-state index contributed by atoms with van der Waals surface area (Å²) in [6, 6.07) is 0. The van der Waals surface area contributed by atoms with Crippen LogP contribution in [-0.2, 0) is 19.3 Å². The van der Waals surface area contributed by atoms with Crippen molar-refractivity contribution < 1.29 is 15.0 Å². The molecule has 0 aliphatic carbocycles. The van der Waals surface area contributed by atoms with Crippen LogP contribution >= 0.6 is 0 Å². The Morgan fingerprint density at radius 1 is 1.16 bits per heavy atom. The average Bonchev–Trinajstić information content (AvgIpc) is 2.42. The average molecular weight is 267 g/mol. The Balaban J connectivity index is 3.20. The molecule has 0 aliphatic rings. The fraction of sp³-hybridized carbons (Fsp3) is 0.615. The summed E-state index contributed by atoms with van der Waals surface area (Å²) in [6.07, 6.45) is 2.81. The number of hydrogen-bond acceptors (Lipinski definition) is 5. The van der Waals surface area contributed by atoms with Crippen molar-refractivity contribution in [2.45, 2.75) is 39.0 Å². The molecule has 106 valence electrons. The molecular weight excluding hydrogens is 246 g/mol. The molecule has 19 heavy (non-hydrogen) atoms. The Morgan fingerprint density at radius 2 is 1.79 bits per heavy atom. The molecule has 1 rings (SSSR count). The molecule has 0 radical (unpaired) electrons. The second-order valence-corrected chi connectivity index (χ2v) is 4.29. The lowest BCUT2D eigenvalue weighted by Crippen LogP contribution is -2.20. The first-order chi connectivity index (χ1) is 9.13. The minimum Gasteiger partial charge on any atom is -0.396 e.